The van der Waals surface area contributed by atoms with Crippen LogP contribution in [0, 0.1) is 5.92 Å². The standard InChI is InChI=1S/C16H20N4O3.C2HF3O2/c1-10(21)18-12-2-4-13(5-3-12)19-16(23)11-6-15(22)20(9-11)14-7-17-8-14;3-2(4,5)1(6)7/h2-5,11,14,17H,6-9H2,1H3,(H,18,21)(H,19,23);(H,6,7). The van der Waals surface area contributed by atoms with Crippen LogP contribution in [0.15, 0.2) is 24.3 Å². The second-order valence-electron chi connectivity index (χ2n) is 6.81. The molecular weight excluding hydrogens is 409 g/mol. The van der Waals surface area contributed by atoms with Crippen LogP contribution in [-0.4, -0.2) is 65.5 Å². The molecular formula is C18H21F3N4O5. The van der Waals surface area contributed by atoms with Crippen molar-refractivity contribution in [3.05, 3.63) is 24.3 Å². The normalized spacial score (nSPS) is 18.7. The van der Waals surface area contributed by atoms with E-state index in [1.165, 1.54) is 6.92 Å². The third-order valence-electron chi connectivity index (χ3n) is 4.45. The highest BCUT2D eigenvalue weighted by molar-refractivity contribution is 5.97. The van der Waals surface area contributed by atoms with Crippen molar-refractivity contribution in [1.82, 2.24) is 10.2 Å². The van der Waals surface area contributed by atoms with Crippen molar-refractivity contribution in [3.8, 4) is 0 Å². The van der Waals surface area contributed by atoms with Crippen LogP contribution in [0.1, 0.15) is 13.3 Å². The highest BCUT2D eigenvalue weighted by atomic mass is 19.4. The quantitative estimate of drug-likeness (QED) is 0.565. The molecule has 0 aromatic heterocycles. The molecule has 2 aliphatic heterocycles. The molecule has 3 rings (SSSR count). The maximum Gasteiger partial charge on any atom is 0.490 e. The highest BCUT2D eigenvalue weighted by Crippen LogP contribution is 2.23. The van der Waals surface area contributed by atoms with E-state index >= 15 is 0 Å². The summed E-state index contributed by atoms with van der Waals surface area (Å²) in [7, 11) is 0. The minimum Gasteiger partial charge on any atom is -0.475 e. The summed E-state index contributed by atoms with van der Waals surface area (Å²) in [5.41, 5.74) is 1.33. The van der Waals surface area contributed by atoms with Gasteiger partial charge in [-0.3, -0.25) is 14.4 Å². The van der Waals surface area contributed by atoms with Crippen LogP contribution < -0.4 is 16.0 Å². The number of aliphatic carboxylic acids is 1. The van der Waals surface area contributed by atoms with Gasteiger partial charge in [0.25, 0.3) is 0 Å². The molecule has 164 valence electrons. The highest BCUT2D eigenvalue weighted by Gasteiger charge is 2.40. The number of carbonyl (C=O) groups excluding carboxylic acids is 3. The van der Waals surface area contributed by atoms with Crippen molar-refractivity contribution in [1.29, 1.82) is 0 Å². The molecule has 2 saturated heterocycles. The molecule has 0 bridgehead atoms. The zero-order chi connectivity index (χ0) is 22.5. The van der Waals surface area contributed by atoms with E-state index in [9.17, 15) is 27.6 Å². The second-order valence-corrected chi connectivity index (χ2v) is 6.81. The first-order chi connectivity index (χ1) is 14.0. The third kappa shape index (κ3) is 6.44. The zero-order valence-corrected chi connectivity index (χ0v) is 16.0. The van der Waals surface area contributed by atoms with Gasteiger partial charge in [0.15, 0.2) is 0 Å². The molecule has 0 spiro atoms. The van der Waals surface area contributed by atoms with Gasteiger partial charge in [-0.25, -0.2) is 4.79 Å². The number of hydrogen-bond acceptors (Lipinski definition) is 5. The fraction of sp³-hybridized carbons (Fsp3) is 0.444. The average molecular weight is 430 g/mol. The number of carboxylic acid groups (broad SMARTS) is 1. The van der Waals surface area contributed by atoms with Crippen LogP contribution in [0.2, 0.25) is 0 Å². The van der Waals surface area contributed by atoms with Gasteiger partial charge in [0.05, 0.1) is 12.0 Å². The first-order valence-electron chi connectivity index (χ1n) is 8.96. The van der Waals surface area contributed by atoms with Crippen molar-refractivity contribution in [2.45, 2.75) is 25.6 Å². The van der Waals surface area contributed by atoms with E-state index in [1.54, 1.807) is 29.2 Å². The van der Waals surface area contributed by atoms with Crippen LogP contribution in [-0.2, 0) is 19.2 Å². The summed E-state index contributed by atoms with van der Waals surface area (Å²) in [4.78, 5) is 46.0. The molecule has 9 nitrogen and oxygen atoms in total. The predicted molar refractivity (Wildman–Crippen MR) is 99.5 cm³/mol. The Morgan fingerprint density at radius 3 is 2.00 bits per heavy atom. The summed E-state index contributed by atoms with van der Waals surface area (Å²) in [5, 5.41) is 15.8. The fourth-order valence-corrected chi connectivity index (χ4v) is 2.84. The van der Waals surface area contributed by atoms with Gasteiger partial charge in [0.1, 0.15) is 0 Å². The van der Waals surface area contributed by atoms with Gasteiger partial charge >= 0.3 is 12.1 Å². The number of carboxylic acids is 1. The number of alkyl halides is 3. The molecule has 30 heavy (non-hydrogen) atoms. The van der Waals surface area contributed by atoms with Crippen molar-refractivity contribution >= 4 is 35.1 Å². The van der Waals surface area contributed by atoms with Gasteiger partial charge in [-0.2, -0.15) is 13.2 Å². The number of rotatable bonds is 4. The Bertz CT molecular complexity index is 809. The Kier molecular flexibility index (Phi) is 7.38. The molecule has 3 amide bonds. The van der Waals surface area contributed by atoms with E-state index in [1.807, 2.05) is 0 Å². The molecule has 12 heteroatoms. The summed E-state index contributed by atoms with van der Waals surface area (Å²) in [5.74, 6) is -3.29. The van der Waals surface area contributed by atoms with Crippen molar-refractivity contribution in [2.24, 2.45) is 5.92 Å². The molecule has 4 N–H and O–H groups in total. The molecule has 0 radical (unpaired) electrons. The van der Waals surface area contributed by atoms with Gasteiger partial charge < -0.3 is 26.0 Å². The monoisotopic (exact) mass is 430 g/mol. The van der Waals surface area contributed by atoms with Gasteiger partial charge in [0.2, 0.25) is 17.7 Å². The van der Waals surface area contributed by atoms with E-state index in [2.05, 4.69) is 16.0 Å². The SMILES string of the molecule is CC(=O)Nc1ccc(NC(=O)C2CC(=O)N(C3CNC3)C2)cc1.O=C(O)C(F)(F)F. The maximum absolute atomic E-state index is 12.3. The lowest BCUT2D eigenvalue weighted by atomic mass is 10.1. The van der Waals surface area contributed by atoms with Crippen molar-refractivity contribution in [2.75, 3.05) is 30.3 Å². The Labute approximate surface area is 169 Å². The van der Waals surface area contributed by atoms with Crippen LogP contribution >= 0.6 is 0 Å². The summed E-state index contributed by atoms with van der Waals surface area (Å²) < 4.78 is 31.7. The summed E-state index contributed by atoms with van der Waals surface area (Å²) >= 11 is 0. The molecule has 1 atom stereocenters. The molecule has 0 saturated carbocycles. The number of hydrogen-bond donors (Lipinski definition) is 4. The third-order valence-corrected chi connectivity index (χ3v) is 4.45. The molecule has 1 aromatic rings. The van der Waals surface area contributed by atoms with E-state index in [-0.39, 0.29) is 36.1 Å². The van der Waals surface area contributed by atoms with Crippen LogP contribution in [0.25, 0.3) is 0 Å². The van der Waals surface area contributed by atoms with E-state index in [4.69, 9.17) is 9.90 Å². The number of carbonyl (C=O) groups is 4. The number of benzene rings is 1. The topological polar surface area (TPSA) is 128 Å². The Morgan fingerprint density at radius 2 is 1.60 bits per heavy atom. The fourth-order valence-electron chi connectivity index (χ4n) is 2.84. The molecule has 0 aliphatic carbocycles. The van der Waals surface area contributed by atoms with Gasteiger partial charge in [0, 0.05) is 44.4 Å². The lowest BCUT2D eigenvalue weighted by Crippen LogP contribution is -2.57. The number of amides is 3. The minimum atomic E-state index is -5.08. The average Bonchev–Trinajstić information content (AvgIpc) is 2.96. The lowest BCUT2D eigenvalue weighted by Gasteiger charge is -2.35. The largest absolute Gasteiger partial charge is 0.490 e. The number of nitrogens with zero attached hydrogens (tertiary/aromatic N) is 1. The van der Waals surface area contributed by atoms with Crippen molar-refractivity contribution < 1.29 is 37.5 Å². The minimum absolute atomic E-state index is 0.0534. The van der Waals surface area contributed by atoms with Crippen LogP contribution in [0.4, 0.5) is 24.5 Å². The number of likely N-dealkylation sites (tertiary alicyclic amines) is 1. The smallest absolute Gasteiger partial charge is 0.475 e. The summed E-state index contributed by atoms with van der Waals surface area (Å²) in [6.07, 6.45) is -4.81. The first kappa shape index (κ1) is 23.1. The van der Waals surface area contributed by atoms with E-state index < -0.39 is 12.1 Å². The van der Waals surface area contributed by atoms with Gasteiger partial charge in [-0.15, -0.1) is 0 Å². The number of halogens is 3. The van der Waals surface area contributed by atoms with E-state index in [0.29, 0.717) is 17.9 Å². The maximum atomic E-state index is 12.3. The Morgan fingerprint density at radius 1 is 1.10 bits per heavy atom. The molecule has 2 aliphatic rings. The van der Waals surface area contributed by atoms with Gasteiger partial charge in [-0.1, -0.05) is 0 Å². The summed E-state index contributed by atoms with van der Waals surface area (Å²) in [6.45, 7) is 3.55. The summed E-state index contributed by atoms with van der Waals surface area (Å²) in [6, 6.07) is 7.14. The number of anilines is 2. The van der Waals surface area contributed by atoms with Gasteiger partial charge in [-0.05, 0) is 24.3 Å². The first-order valence-corrected chi connectivity index (χ1v) is 8.96. The predicted octanol–water partition coefficient (Wildman–Crippen LogP) is 1.04. The van der Waals surface area contributed by atoms with Crippen molar-refractivity contribution in [3.63, 3.8) is 0 Å². The van der Waals surface area contributed by atoms with Crippen LogP contribution in [0.3, 0.4) is 0 Å². The Balaban J connectivity index is 0.000000396. The molecule has 2 heterocycles. The lowest BCUT2D eigenvalue weighted by molar-refractivity contribution is -0.192. The van der Waals surface area contributed by atoms with E-state index in [0.717, 1.165) is 13.1 Å². The zero-order valence-electron chi connectivity index (χ0n) is 16.0. The molecule has 2 fully saturated rings. The number of nitrogens with one attached hydrogen (secondary N) is 3. The second kappa shape index (κ2) is 9.57. The molecule has 1 unspecified atom stereocenters. The Hall–Kier alpha value is -3.15. The molecule has 1 aromatic carbocycles. The van der Waals surface area contributed by atoms with Crippen LogP contribution in [0.5, 0.6) is 0 Å².